The molecule has 0 unspecified atom stereocenters. The van der Waals surface area contributed by atoms with Crippen LogP contribution in [-0.2, 0) is 9.59 Å². The van der Waals surface area contributed by atoms with Crippen LogP contribution in [0.2, 0.25) is 5.02 Å². The lowest BCUT2D eigenvalue weighted by atomic mass is 10.1. The number of aryl methyl sites for hydroxylation is 1. The summed E-state index contributed by atoms with van der Waals surface area (Å²) in [5, 5.41) is 3.29. The molecule has 2 aromatic carbocycles. The lowest BCUT2D eigenvalue weighted by molar-refractivity contribution is -0.122. The van der Waals surface area contributed by atoms with Gasteiger partial charge in [0, 0.05) is 22.1 Å². The molecule has 3 aromatic rings. The highest BCUT2D eigenvalue weighted by atomic mass is 35.5. The molecule has 0 radical (unpaired) electrons. The van der Waals surface area contributed by atoms with E-state index in [1.807, 2.05) is 55.7 Å². The number of carbonyl (C=O) groups excluding carboxylic acids is 2. The fourth-order valence-electron chi connectivity index (χ4n) is 3.85. The lowest BCUT2D eigenvalue weighted by Gasteiger charge is -2.29. The summed E-state index contributed by atoms with van der Waals surface area (Å²) in [7, 11) is 0. The summed E-state index contributed by atoms with van der Waals surface area (Å²) >= 11 is 11.5. The number of anilines is 1. The van der Waals surface area contributed by atoms with Gasteiger partial charge in [0.1, 0.15) is 11.3 Å². The van der Waals surface area contributed by atoms with E-state index in [-0.39, 0.29) is 10.7 Å². The van der Waals surface area contributed by atoms with E-state index in [1.54, 1.807) is 30.3 Å². The van der Waals surface area contributed by atoms with Crippen LogP contribution in [0, 0.1) is 13.8 Å². The van der Waals surface area contributed by atoms with Gasteiger partial charge in [-0.2, -0.15) is 0 Å². The molecule has 2 amide bonds. The van der Waals surface area contributed by atoms with Gasteiger partial charge in [-0.15, -0.1) is 0 Å². The largest absolute Gasteiger partial charge is 0.494 e. The monoisotopic (exact) mass is 479 g/mol. The second kappa shape index (κ2) is 9.21. The van der Waals surface area contributed by atoms with Gasteiger partial charge in [-0.3, -0.25) is 19.8 Å². The van der Waals surface area contributed by atoms with Crippen LogP contribution in [0.15, 0.2) is 60.2 Å². The van der Waals surface area contributed by atoms with E-state index >= 15 is 0 Å². The maximum absolute atomic E-state index is 13.3. The van der Waals surface area contributed by atoms with Crippen molar-refractivity contribution in [2.75, 3.05) is 11.5 Å². The molecule has 6 nitrogen and oxygen atoms in total. The standard InChI is InChI=1S/C25H22ClN3O3S/c1-4-32-21-10-8-19(9-11-21)29-24(31)22(23(30)27-25(29)33)13-17-12-15(2)28(16(17)3)20-7-5-6-18(26)14-20/h5-14H,4H2,1-3H3,(H,27,30,33)/b22-13+. The fraction of sp³-hybridized carbons (Fsp3) is 0.160. The third kappa shape index (κ3) is 4.42. The van der Waals surface area contributed by atoms with Crippen LogP contribution in [0.25, 0.3) is 11.8 Å². The number of thiocarbonyl (C=S) groups is 1. The molecule has 8 heteroatoms. The van der Waals surface area contributed by atoms with E-state index in [2.05, 4.69) is 5.32 Å². The van der Waals surface area contributed by atoms with Crippen LogP contribution in [0.5, 0.6) is 5.75 Å². The third-order valence-corrected chi connectivity index (χ3v) is 5.86. The predicted octanol–water partition coefficient (Wildman–Crippen LogP) is 4.98. The van der Waals surface area contributed by atoms with Crippen molar-refractivity contribution in [2.24, 2.45) is 0 Å². The van der Waals surface area contributed by atoms with E-state index in [0.717, 1.165) is 22.6 Å². The van der Waals surface area contributed by atoms with Gasteiger partial charge in [0.25, 0.3) is 11.8 Å². The molecule has 0 saturated carbocycles. The Labute approximate surface area is 202 Å². The Hall–Kier alpha value is -3.42. The van der Waals surface area contributed by atoms with Gasteiger partial charge in [-0.25, -0.2) is 0 Å². The van der Waals surface area contributed by atoms with E-state index in [9.17, 15) is 9.59 Å². The number of hydrogen-bond acceptors (Lipinski definition) is 4. The number of rotatable bonds is 5. The maximum atomic E-state index is 13.3. The molecule has 1 N–H and O–H groups in total. The van der Waals surface area contributed by atoms with Gasteiger partial charge >= 0.3 is 0 Å². The maximum Gasteiger partial charge on any atom is 0.270 e. The Kier molecular flexibility index (Phi) is 6.35. The molecule has 0 aliphatic carbocycles. The van der Waals surface area contributed by atoms with Crippen molar-refractivity contribution in [3.05, 3.63) is 82.1 Å². The number of aromatic nitrogens is 1. The van der Waals surface area contributed by atoms with E-state index in [1.165, 1.54) is 4.90 Å². The zero-order valence-corrected chi connectivity index (χ0v) is 20.0. The Morgan fingerprint density at radius 2 is 1.79 bits per heavy atom. The van der Waals surface area contributed by atoms with Crippen molar-refractivity contribution in [1.82, 2.24) is 9.88 Å². The Morgan fingerprint density at radius 1 is 1.06 bits per heavy atom. The summed E-state index contributed by atoms with van der Waals surface area (Å²) in [4.78, 5) is 27.3. The number of nitrogens with one attached hydrogen (secondary N) is 1. The highest BCUT2D eigenvalue weighted by Gasteiger charge is 2.34. The first kappa shape index (κ1) is 22.8. The number of amides is 2. The summed E-state index contributed by atoms with van der Waals surface area (Å²) in [6.45, 7) is 6.32. The van der Waals surface area contributed by atoms with E-state index < -0.39 is 11.8 Å². The normalized spacial score (nSPS) is 15.2. The van der Waals surface area contributed by atoms with Gasteiger partial charge in [-0.05, 0) is 93.2 Å². The lowest BCUT2D eigenvalue weighted by Crippen LogP contribution is -2.54. The number of halogens is 1. The average Bonchev–Trinajstić information content (AvgIpc) is 3.05. The number of nitrogens with zero attached hydrogens (tertiary/aromatic N) is 2. The number of carbonyl (C=O) groups is 2. The summed E-state index contributed by atoms with van der Waals surface area (Å²) < 4.78 is 7.49. The predicted molar refractivity (Wildman–Crippen MR) is 134 cm³/mol. The summed E-state index contributed by atoms with van der Waals surface area (Å²) in [5.74, 6) is -0.329. The second-order valence-corrected chi connectivity index (χ2v) is 8.35. The van der Waals surface area contributed by atoms with Crippen LogP contribution in [0.4, 0.5) is 5.69 Å². The Bertz CT molecular complexity index is 1290. The topological polar surface area (TPSA) is 63.6 Å². The minimum absolute atomic E-state index is 0.00355. The van der Waals surface area contributed by atoms with Crippen molar-refractivity contribution in [1.29, 1.82) is 0 Å². The molecule has 4 rings (SSSR count). The van der Waals surface area contributed by atoms with Crippen LogP contribution >= 0.6 is 23.8 Å². The molecule has 1 saturated heterocycles. The molecule has 1 fully saturated rings. The first-order chi connectivity index (χ1) is 15.8. The summed E-state index contributed by atoms with van der Waals surface area (Å²) in [6, 6.07) is 16.4. The first-order valence-corrected chi connectivity index (χ1v) is 11.2. The average molecular weight is 480 g/mol. The van der Waals surface area contributed by atoms with Gasteiger partial charge in [0.05, 0.1) is 12.3 Å². The molecule has 1 aromatic heterocycles. The van der Waals surface area contributed by atoms with Crippen LogP contribution in [0.1, 0.15) is 23.9 Å². The molecule has 1 aliphatic heterocycles. The SMILES string of the molecule is CCOc1ccc(N2C(=O)/C(=C/c3cc(C)n(-c4cccc(Cl)c4)c3C)C(=O)NC2=S)cc1. The van der Waals surface area contributed by atoms with Crippen molar-refractivity contribution in [2.45, 2.75) is 20.8 Å². The smallest absolute Gasteiger partial charge is 0.270 e. The quantitative estimate of drug-likeness (QED) is 0.318. The van der Waals surface area contributed by atoms with E-state index in [0.29, 0.717) is 23.1 Å². The van der Waals surface area contributed by atoms with Crippen LogP contribution in [-0.4, -0.2) is 28.1 Å². The van der Waals surface area contributed by atoms with Crippen molar-refractivity contribution in [3.63, 3.8) is 0 Å². The summed E-state index contributed by atoms with van der Waals surface area (Å²) in [6.07, 6.45) is 1.60. The fourth-order valence-corrected chi connectivity index (χ4v) is 4.32. The molecule has 0 bridgehead atoms. The number of ether oxygens (including phenoxy) is 1. The van der Waals surface area contributed by atoms with Crippen molar-refractivity contribution < 1.29 is 14.3 Å². The number of benzene rings is 2. The zero-order valence-electron chi connectivity index (χ0n) is 18.4. The third-order valence-electron chi connectivity index (χ3n) is 5.34. The van der Waals surface area contributed by atoms with Crippen molar-refractivity contribution >= 4 is 52.5 Å². The zero-order chi connectivity index (χ0) is 23.7. The Morgan fingerprint density at radius 3 is 2.45 bits per heavy atom. The second-order valence-electron chi connectivity index (χ2n) is 7.53. The molecule has 168 valence electrons. The highest BCUT2D eigenvalue weighted by molar-refractivity contribution is 7.80. The molecular weight excluding hydrogens is 458 g/mol. The van der Waals surface area contributed by atoms with E-state index in [4.69, 9.17) is 28.6 Å². The molecule has 0 spiro atoms. The Balaban J connectivity index is 1.72. The number of hydrogen-bond donors (Lipinski definition) is 1. The minimum Gasteiger partial charge on any atom is -0.494 e. The molecule has 33 heavy (non-hydrogen) atoms. The van der Waals surface area contributed by atoms with Crippen LogP contribution in [0.3, 0.4) is 0 Å². The van der Waals surface area contributed by atoms with Gasteiger partial charge in [0.2, 0.25) is 0 Å². The molecular formula is C25H22ClN3O3S. The molecule has 0 atom stereocenters. The summed E-state index contributed by atoms with van der Waals surface area (Å²) in [5.41, 5.74) is 4.03. The van der Waals surface area contributed by atoms with Gasteiger partial charge < -0.3 is 9.30 Å². The van der Waals surface area contributed by atoms with Gasteiger partial charge in [-0.1, -0.05) is 17.7 Å². The van der Waals surface area contributed by atoms with Crippen LogP contribution < -0.4 is 15.0 Å². The van der Waals surface area contributed by atoms with Gasteiger partial charge in [0.15, 0.2) is 5.11 Å². The highest BCUT2D eigenvalue weighted by Crippen LogP contribution is 2.27. The molecule has 1 aliphatic rings. The van der Waals surface area contributed by atoms with Crippen molar-refractivity contribution in [3.8, 4) is 11.4 Å². The minimum atomic E-state index is -0.528. The molecule has 2 heterocycles. The first-order valence-electron chi connectivity index (χ1n) is 10.4.